The van der Waals surface area contributed by atoms with Crippen LogP contribution in [0.25, 0.3) is 0 Å². The first kappa shape index (κ1) is 22.9. The number of azo groups is 1. The number of hydrogen-bond acceptors (Lipinski definition) is 5. The largest absolute Gasteiger partial charge is 0.497 e. The molecule has 4 aromatic carbocycles. The number of para-hydroxylation sites is 1. The predicted octanol–water partition coefficient (Wildman–Crippen LogP) is 7.84. The monoisotopic (exact) mass is 474 g/mol. The van der Waals surface area contributed by atoms with Gasteiger partial charge in [0, 0.05) is 10.6 Å². The second kappa shape index (κ2) is 11.1. The van der Waals surface area contributed by atoms with Gasteiger partial charge >= 0.3 is 0 Å². The number of anilines is 1. The van der Waals surface area contributed by atoms with Gasteiger partial charge < -0.3 is 9.47 Å². The van der Waals surface area contributed by atoms with Crippen LogP contribution in [0.2, 0.25) is 5.02 Å². The lowest BCUT2D eigenvalue weighted by Crippen LogP contribution is -2.01. The normalized spacial score (nSPS) is 11.4. The number of nitrogens with zero attached hydrogens (tertiary/aromatic N) is 3. The Morgan fingerprint density at radius 1 is 0.853 bits per heavy atom. The highest BCUT2D eigenvalue weighted by Crippen LogP contribution is 2.34. The van der Waals surface area contributed by atoms with Gasteiger partial charge in [0.05, 0.1) is 12.8 Å². The molecular weight excluding hydrogens is 455 g/mol. The van der Waals surface area contributed by atoms with E-state index in [0.717, 1.165) is 0 Å². The first-order valence-corrected chi connectivity index (χ1v) is 10.7. The van der Waals surface area contributed by atoms with E-state index in [0.29, 0.717) is 39.2 Å². The summed E-state index contributed by atoms with van der Waals surface area (Å²) in [7, 11) is 1.59. The third-order valence-corrected chi connectivity index (χ3v) is 4.86. The average molecular weight is 475 g/mol. The fourth-order valence-electron chi connectivity index (χ4n) is 2.90. The molecule has 4 aromatic rings. The van der Waals surface area contributed by atoms with E-state index in [1.165, 1.54) is 12.1 Å². The van der Waals surface area contributed by atoms with Crippen molar-refractivity contribution >= 4 is 28.8 Å². The lowest BCUT2D eigenvalue weighted by Gasteiger charge is -2.09. The number of ether oxygens (including phenoxy) is 2. The summed E-state index contributed by atoms with van der Waals surface area (Å²) in [6.45, 7) is 0. The number of hydrogen-bond donors (Lipinski definition) is 1. The summed E-state index contributed by atoms with van der Waals surface area (Å²) in [6, 6.07) is 27.5. The van der Waals surface area contributed by atoms with Crippen LogP contribution >= 0.6 is 11.6 Å². The van der Waals surface area contributed by atoms with E-state index in [-0.39, 0.29) is 11.7 Å². The first-order chi connectivity index (χ1) is 16.6. The summed E-state index contributed by atoms with van der Waals surface area (Å²) in [5.74, 6) is 1.79. The van der Waals surface area contributed by atoms with Gasteiger partial charge in [-0.1, -0.05) is 29.8 Å². The minimum absolute atomic E-state index is 0.289. The standard InChI is InChI=1S/C26H20ClFN4O2/c1-33-22-14-7-18(8-15-22)26(31-29-21-12-10-20(28)11-13-21)32-30-24-17-19(27)9-16-25(24)34-23-5-3-2-4-6-23/h2-17,29H,1H3/b31-26-,32-30?. The van der Waals surface area contributed by atoms with Crippen LogP contribution in [0, 0.1) is 5.82 Å². The molecule has 8 heteroatoms. The summed E-state index contributed by atoms with van der Waals surface area (Å²) >= 11 is 6.20. The van der Waals surface area contributed by atoms with Crippen molar-refractivity contribution < 1.29 is 13.9 Å². The predicted molar refractivity (Wildman–Crippen MR) is 132 cm³/mol. The van der Waals surface area contributed by atoms with E-state index in [2.05, 4.69) is 20.8 Å². The van der Waals surface area contributed by atoms with Gasteiger partial charge in [-0.3, -0.25) is 5.43 Å². The van der Waals surface area contributed by atoms with Crippen molar-refractivity contribution in [1.82, 2.24) is 0 Å². The number of methoxy groups -OCH3 is 1. The van der Waals surface area contributed by atoms with Crippen LogP contribution in [0.5, 0.6) is 17.2 Å². The van der Waals surface area contributed by atoms with Crippen molar-refractivity contribution in [3.63, 3.8) is 0 Å². The third kappa shape index (κ3) is 6.17. The minimum Gasteiger partial charge on any atom is -0.497 e. The lowest BCUT2D eigenvalue weighted by atomic mass is 10.2. The Morgan fingerprint density at radius 2 is 1.59 bits per heavy atom. The summed E-state index contributed by atoms with van der Waals surface area (Å²) in [5, 5.41) is 13.6. The van der Waals surface area contributed by atoms with Crippen molar-refractivity contribution in [2.75, 3.05) is 12.5 Å². The molecule has 34 heavy (non-hydrogen) atoms. The second-order valence-electron chi connectivity index (χ2n) is 7.01. The van der Waals surface area contributed by atoms with E-state index < -0.39 is 0 Å². The van der Waals surface area contributed by atoms with E-state index >= 15 is 0 Å². The van der Waals surface area contributed by atoms with Crippen molar-refractivity contribution in [1.29, 1.82) is 0 Å². The highest BCUT2D eigenvalue weighted by atomic mass is 35.5. The van der Waals surface area contributed by atoms with Crippen LogP contribution < -0.4 is 14.9 Å². The molecule has 0 fully saturated rings. The van der Waals surface area contributed by atoms with Gasteiger partial charge in [0.25, 0.3) is 0 Å². The smallest absolute Gasteiger partial charge is 0.201 e. The van der Waals surface area contributed by atoms with Gasteiger partial charge in [-0.05, 0) is 78.9 Å². The lowest BCUT2D eigenvalue weighted by molar-refractivity contribution is 0.415. The topological polar surface area (TPSA) is 67.6 Å². The summed E-state index contributed by atoms with van der Waals surface area (Å²) in [5.41, 5.74) is 4.59. The third-order valence-electron chi connectivity index (χ3n) is 4.63. The number of amidine groups is 1. The minimum atomic E-state index is -0.337. The first-order valence-electron chi connectivity index (χ1n) is 10.3. The Labute approximate surface area is 201 Å². The average Bonchev–Trinajstić information content (AvgIpc) is 2.87. The molecule has 0 bridgehead atoms. The van der Waals surface area contributed by atoms with E-state index in [4.69, 9.17) is 21.1 Å². The molecule has 0 unspecified atom stereocenters. The van der Waals surface area contributed by atoms with Gasteiger partial charge in [-0.25, -0.2) is 4.39 Å². The Kier molecular flexibility index (Phi) is 7.47. The number of nitrogens with one attached hydrogen (secondary N) is 1. The fraction of sp³-hybridized carbons (Fsp3) is 0.0385. The molecule has 0 aliphatic carbocycles. The zero-order valence-corrected chi connectivity index (χ0v) is 18.9. The molecular formula is C26H20ClFN4O2. The van der Waals surface area contributed by atoms with Crippen molar-refractivity contribution in [2.45, 2.75) is 0 Å². The summed E-state index contributed by atoms with van der Waals surface area (Å²) in [4.78, 5) is 0. The molecule has 0 aromatic heterocycles. The van der Waals surface area contributed by atoms with Gasteiger partial charge in [-0.2, -0.15) is 5.10 Å². The number of benzene rings is 4. The Bertz CT molecular complexity index is 1290. The van der Waals surface area contributed by atoms with Crippen molar-refractivity contribution in [3.8, 4) is 17.2 Å². The maximum Gasteiger partial charge on any atom is 0.201 e. The highest BCUT2D eigenvalue weighted by molar-refractivity contribution is 6.30. The zero-order valence-electron chi connectivity index (χ0n) is 18.2. The Balaban J connectivity index is 1.66. The van der Waals surface area contributed by atoms with Gasteiger partial charge in [0.1, 0.15) is 23.0 Å². The van der Waals surface area contributed by atoms with E-state index in [1.807, 2.05) is 42.5 Å². The van der Waals surface area contributed by atoms with Crippen LogP contribution in [-0.4, -0.2) is 12.9 Å². The molecule has 4 rings (SSSR count). The van der Waals surface area contributed by atoms with Crippen LogP contribution in [-0.2, 0) is 0 Å². The van der Waals surface area contributed by atoms with Gasteiger partial charge in [-0.15, -0.1) is 10.2 Å². The second-order valence-corrected chi connectivity index (χ2v) is 7.45. The van der Waals surface area contributed by atoms with Crippen LogP contribution in [0.15, 0.2) is 112 Å². The molecule has 0 aliphatic heterocycles. The maximum atomic E-state index is 13.2. The number of halogens is 2. The fourth-order valence-corrected chi connectivity index (χ4v) is 3.06. The van der Waals surface area contributed by atoms with Crippen LogP contribution in [0.1, 0.15) is 5.56 Å². The zero-order chi connectivity index (χ0) is 23.8. The number of hydrazone groups is 1. The van der Waals surface area contributed by atoms with E-state index in [9.17, 15) is 4.39 Å². The van der Waals surface area contributed by atoms with Crippen molar-refractivity contribution in [3.05, 3.63) is 113 Å². The van der Waals surface area contributed by atoms with Crippen LogP contribution in [0.4, 0.5) is 15.8 Å². The molecule has 0 spiro atoms. The SMILES string of the molecule is COc1ccc(/C(N=Nc2cc(Cl)ccc2Oc2ccccc2)=N/Nc2ccc(F)cc2)cc1. The number of rotatable bonds is 7. The molecule has 170 valence electrons. The molecule has 1 N–H and O–H groups in total. The maximum absolute atomic E-state index is 13.2. The molecule has 0 amide bonds. The summed E-state index contributed by atoms with van der Waals surface area (Å²) in [6.07, 6.45) is 0. The highest BCUT2D eigenvalue weighted by Gasteiger charge is 2.09. The Morgan fingerprint density at radius 3 is 2.29 bits per heavy atom. The van der Waals surface area contributed by atoms with Gasteiger partial charge in [0.2, 0.25) is 5.84 Å². The quantitative estimate of drug-likeness (QED) is 0.128. The van der Waals surface area contributed by atoms with E-state index in [1.54, 1.807) is 49.6 Å². The molecule has 0 saturated heterocycles. The molecule has 0 radical (unpaired) electrons. The van der Waals surface area contributed by atoms with Crippen molar-refractivity contribution in [2.24, 2.45) is 15.3 Å². The van der Waals surface area contributed by atoms with Crippen LogP contribution in [0.3, 0.4) is 0 Å². The molecule has 0 atom stereocenters. The Hall–Kier alpha value is -4.23. The summed E-state index contributed by atoms with van der Waals surface area (Å²) < 4.78 is 24.4. The molecule has 0 aliphatic rings. The molecule has 0 heterocycles. The molecule has 0 saturated carbocycles. The van der Waals surface area contributed by atoms with Gasteiger partial charge in [0.15, 0.2) is 5.75 Å². The molecule has 6 nitrogen and oxygen atoms in total.